The Balaban J connectivity index is 2.30. The first-order chi connectivity index (χ1) is 8.58. The molecule has 2 aromatic carbocycles. The van der Waals surface area contributed by atoms with E-state index in [1.54, 1.807) is 0 Å². The molecule has 0 spiro atoms. The summed E-state index contributed by atoms with van der Waals surface area (Å²) >= 11 is 5.78. The largest absolute Gasteiger partial charge is 0.456 e. The van der Waals surface area contributed by atoms with Gasteiger partial charge in [-0.15, -0.1) is 0 Å². The lowest BCUT2D eigenvalue weighted by Gasteiger charge is -2.09. The SMILES string of the molecule is OCc1cc(F)cc(Oc2ccc(F)cc2Cl)c1. The number of hydrogen-bond acceptors (Lipinski definition) is 2. The van der Waals surface area contributed by atoms with Crippen molar-refractivity contribution in [3.05, 3.63) is 58.6 Å². The molecule has 0 unspecified atom stereocenters. The Kier molecular flexibility index (Phi) is 3.79. The predicted molar refractivity (Wildman–Crippen MR) is 63.8 cm³/mol. The van der Waals surface area contributed by atoms with Crippen molar-refractivity contribution in [3.8, 4) is 11.5 Å². The Morgan fingerprint density at radius 2 is 1.83 bits per heavy atom. The molecule has 0 aliphatic heterocycles. The molecule has 94 valence electrons. The van der Waals surface area contributed by atoms with Crippen molar-refractivity contribution in [2.24, 2.45) is 0 Å². The summed E-state index contributed by atoms with van der Waals surface area (Å²) in [6.45, 7) is -0.300. The second-order valence-electron chi connectivity index (χ2n) is 3.63. The van der Waals surface area contributed by atoms with Gasteiger partial charge in [0.15, 0.2) is 0 Å². The Labute approximate surface area is 107 Å². The van der Waals surface area contributed by atoms with E-state index in [1.807, 2.05) is 0 Å². The van der Waals surface area contributed by atoms with Crippen LogP contribution in [-0.4, -0.2) is 5.11 Å². The normalized spacial score (nSPS) is 10.4. The minimum absolute atomic E-state index is 0.0878. The lowest BCUT2D eigenvalue weighted by molar-refractivity contribution is 0.280. The third-order valence-corrected chi connectivity index (χ3v) is 2.53. The maximum atomic E-state index is 13.2. The number of halogens is 3. The van der Waals surface area contributed by atoms with Crippen LogP contribution in [0.3, 0.4) is 0 Å². The minimum atomic E-state index is -0.533. The van der Waals surface area contributed by atoms with E-state index in [-0.39, 0.29) is 23.1 Å². The van der Waals surface area contributed by atoms with Crippen molar-refractivity contribution in [1.82, 2.24) is 0 Å². The molecule has 2 nitrogen and oxygen atoms in total. The average molecular weight is 271 g/mol. The molecule has 0 fully saturated rings. The summed E-state index contributed by atoms with van der Waals surface area (Å²) in [5.74, 6) is -0.613. The first-order valence-electron chi connectivity index (χ1n) is 5.12. The van der Waals surface area contributed by atoms with Crippen LogP contribution in [0.15, 0.2) is 36.4 Å². The monoisotopic (exact) mass is 270 g/mol. The third-order valence-electron chi connectivity index (χ3n) is 2.24. The second-order valence-corrected chi connectivity index (χ2v) is 4.04. The molecule has 0 aromatic heterocycles. The smallest absolute Gasteiger partial charge is 0.146 e. The van der Waals surface area contributed by atoms with Crippen molar-refractivity contribution < 1.29 is 18.6 Å². The van der Waals surface area contributed by atoms with E-state index in [1.165, 1.54) is 24.3 Å². The van der Waals surface area contributed by atoms with Crippen molar-refractivity contribution >= 4 is 11.6 Å². The van der Waals surface area contributed by atoms with Crippen LogP contribution in [0, 0.1) is 11.6 Å². The summed E-state index contributed by atoms with van der Waals surface area (Å²) in [6, 6.07) is 7.46. The van der Waals surface area contributed by atoms with Gasteiger partial charge in [0.1, 0.15) is 23.1 Å². The number of benzene rings is 2. The maximum Gasteiger partial charge on any atom is 0.146 e. The first-order valence-corrected chi connectivity index (χ1v) is 5.49. The molecular formula is C13H9ClF2O2. The fraction of sp³-hybridized carbons (Fsp3) is 0.0769. The van der Waals surface area contributed by atoms with E-state index in [4.69, 9.17) is 21.4 Å². The highest BCUT2D eigenvalue weighted by molar-refractivity contribution is 6.32. The minimum Gasteiger partial charge on any atom is -0.456 e. The second kappa shape index (κ2) is 5.33. The summed E-state index contributed by atoms with van der Waals surface area (Å²) in [4.78, 5) is 0. The standard InChI is InChI=1S/C13H9ClF2O2/c14-12-6-9(15)1-2-13(12)18-11-4-8(7-17)3-10(16)5-11/h1-6,17H,7H2. The van der Waals surface area contributed by atoms with E-state index in [9.17, 15) is 8.78 Å². The molecule has 18 heavy (non-hydrogen) atoms. The molecule has 5 heteroatoms. The molecule has 0 bridgehead atoms. The summed E-state index contributed by atoms with van der Waals surface area (Å²) in [6.07, 6.45) is 0. The van der Waals surface area contributed by atoms with Crippen LogP contribution in [0.4, 0.5) is 8.78 Å². The van der Waals surface area contributed by atoms with Crippen LogP contribution in [-0.2, 0) is 6.61 Å². The van der Waals surface area contributed by atoms with Crippen molar-refractivity contribution in [2.75, 3.05) is 0 Å². The van der Waals surface area contributed by atoms with E-state index < -0.39 is 11.6 Å². The molecule has 0 heterocycles. The molecule has 0 aliphatic carbocycles. The van der Waals surface area contributed by atoms with Gasteiger partial charge in [0, 0.05) is 6.07 Å². The Bertz CT molecular complexity index is 573. The molecule has 0 saturated carbocycles. The van der Waals surface area contributed by atoms with Gasteiger partial charge in [-0.1, -0.05) is 11.6 Å². The Hall–Kier alpha value is -1.65. The van der Waals surface area contributed by atoms with Gasteiger partial charge < -0.3 is 9.84 Å². The van der Waals surface area contributed by atoms with Gasteiger partial charge in [0.05, 0.1) is 11.6 Å². The fourth-order valence-corrected chi connectivity index (χ4v) is 1.66. The van der Waals surface area contributed by atoms with E-state index in [0.717, 1.165) is 12.1 Å². The number of aliphatic hydroxyl groups excluding tert-OH is 1. The summed E-state index contributed by atoms with van der Waals surface area (Å²) in [5, 5.41) is 9.03. The molecule has 2 aromatic rings. The van der Waals surface area contributed by atoms with Gasteiger partial charge in [-0.25, -0.2) is 8.78 Å². The van der Waals surface area contributed by atoms with Gasteiger partial charge in [-0.3, -0.25) is 0 Å². The van der Waals surface area contributed by atoms with Gasteiger partial charge in [-0.2, -0.15) is 0 Å². The molecule has 0 amide bonds. The van der Waals surface area contributed by atoms with Crippen molar-refractivity contribution in [2.45, 2.75) is 6.61 Å². The Morgan fingerprint density at radius 1 is 1.06 bits per heavy atom. The topological polar surface area (TPSA) is 29.5 Å². The highest BCUT2D eigenvalue weighted by atomic mass is 35.5. The van der Waals surface area contributed by atoms with Gasteiger partial charge in [0.2, 0.25) is 0 Å². The van der Waals surface area contributed by atoms with Gasteiger partial charge in [0.25, 0.3) is 0 Å². The molecule has 1 N–H and O–H groups in total. The van der Waals surface area contributed by atoms with Crippen LogP contribution < -0.4 is 4.74 Å². The number of ether oxygens (including phenoxy) is 1. The predicted octanol–water partition coefficient (Wildman–Crippen LogP) is 3.90. The summed E-state index contributed by atoms with van der Waals surface area (Å²) < 4.78 is 31.4. The van der Waals surface area contributed by atoms with Crippen molar-refractivity contribution in [3.63, 3.8) is 0 Å². The van der Waals surface area contributed by atoms with E-state index in [0.29, 0.717) is 5.56 Å². The molecule has 0 radical (unpaired) electrons. The zero-order chi connectivity index (χ0) is 13.1. The fourth-order valence-electron chi connectivity index (χ4n) is 1.46. The average Bonchev–Trinajstić information content (AvgIpc) is 2.32. The van der Waals surface area contributed by atoms with Gasteiger partial charge >= 0.3 is 0 Å². The summed E-state index contributed by atoms with van der Waals surface area (Å²) in [7, 11) is 0. The molecule has 0 atom stereocenters. The summed E-state index contributed by atoms with van der Waals surface area (Å²) in [5.41, 5.74) is 0.378. The molecule has 2 rings (SSSR count). The highest BCUT2D eigenvalue weighted by Gasteiger charge is 2.07. The molecule has 0 aliphatic rings. The first kappa shape index (κ1) is 12.8. The van der Waals surface area contributed by atoms with Crippen LogP contribution >= 0.6 is 11.6 Å². The van der Waals surface area contributed by atoms with Crippen LogP contribution in [0.25, 0.3) is 0 Å². The lowest BCUT2D eigenvalue weighted by atomic mass is 10.2. The highest BCUT2D eigenvalue weighted by Crippen LogP contribution is 2.30. The van der Waals surface area contributed by atoms with Gasteiger partial charge in [-0.05, 0) is 35.9 Å². The van der Waals surface area contributed by atoms with Crippen molar-refractivity contribution in [1.29, 1.82) is 0 Å². The van der Waals surface area contributed by atoms with Crippen LogP contribution in [0.2, 0.25) is 5.02 Å². The Morgan fingerprint density at radius 3 is 2.50 bits per heavy atom. The maximum absolute atomic E-state index is 13.2. The number of aliphatic hydroxyl groups is 1. The zero-order valence-corrected chi connectivity index (χ0v) is 9.92. The molecular weight excluding hydrogens is 262 g/mol. The molecule has 0 saturated heterocycles. The quantitative estimate of drug-likeness (QED) is 0.916. The van der Waals surface area contributed by atoms with Crippen LogP contribution in [0.1, 0.15) is 5.56 Å². The number of rotatable bonds is 3. The van der Waals surface area contributed by atoms with Crippen LogP contribution in [0.5, 0.6) is 11.5 Å². The zero-order valence-electron chi connectivity index (χ0n) is 9.16. The lowest BCUT2D eigenvalue weighted by Crippen LogP contribution is -1.91. The third kappa shape index (κ3) is 2.97. The number of hydrogen-bond donors (Lipinski definition) is 1. The van der Waals surface area contributed by atoms with E-state index >= 15 is 0 Å². The van der Waals surface area contributed by atoms with E-state index in [2.05, 4.69) is 0 Å².